The maximum atomic E-state index is 11.5. The first-order valence-corrected chi connectivity index (χ1v) is 8.97. The maximum absolute atomic E-state index is 11.5. The number of rotatable bonds is 2. The zero-order valence-corrected chi connectivity index (χ0v) is 14.8. The molecule has 0 spiro atoms. The van der Waals surface area contributed by atoms with Gasteiger partial charge in [-0.05, 0) is 41.0 Å². The van der Waals surface area contributed by atoms with Crippen LogP contribution >= 0.6 is 0 Å². The molecule has 28 heavy (non-hydrogen) atoms. The fraction of sp³-hybridized carbons (Fsp3) is 0. The lowest BCUT2D eigenvalue weighted by Gasteiger charge is -2.11. The molecular weight excluding hydrogens is 350 g/mol. The molecule has 4 nitrogen and oxygen atoms in total. The molecule has 4 aromatic carbocycles. The minimum atomic E-state index is -0.346. The lowest BCUT2D eigenvalue weighted by Crippen LogP contribution is -1.92. The standard InChI is InChI=1S/C24H15NO3/c26-25(27)22-11-5-3-7-17(22)16-13-14-24-21(15-16)19-9-2-1-8-18(19)20-10-4-6-12-23(20)28-24/h1-15H. The van der Waals surface area contributed by atoms with Gasteiger partial charge in [-0.15, -0.1) is 0 Å². The van der Waals surface area contributed by atoms with Gasteiger partial charge in [0.1, 0.15) is 11.5 Å². The van der Waals surface area contributed by atoms with Gasteiger partial charge >= 0.3 is 0 Å². The van der Waals surface area contributed by atoms with Crippen LogP contribution in [-0.2, 0) is 0 Å². The van der Waals surface area contributed by atoms with Crippen molar-refractivity contribution in [3.05, 3.63) is 101 Å². The number of para-hydroxylation sites is 2. The van der Waals surface area contributed by atoms with Gasteiger partial charge in [0.2, 0.25) is 0 Å². The topological polar surface area (TPSA) is 52.4 Å². The Morgan fingerprint density at radius 1 is 0.607 bits per heavy atom. The summed E-state index contributed by atoms with van der Waals surface area (Å²) in [6, 6.07) is 28.6. The van der Waals surface area contributed by atoms with Crippen molar-refractivity contribution in [3.8, 4) is 44.9 Å². The fourth-order valence-electron chi connectivity index (χ4n) is 3.72. The highest BCUT2D eigenvalue weighted by Gasteiger charge is 2.22. The second-order valence-electron chi connectivity index (χ2n) is 6.63. The van der Waals surface area contributed by atoms with E-state index in [4.69, 9.17) is 4.74 Å². The molecule has 1 heterocycles. The van der Waals surface area contributed by atoms with Crippen molar-refractivity contribution in [2.45, 2.75) is 0 Å². The number of fused-ring (bicyclic) bond motifs is 5. The first-order chi connectivity index (χ1) is 13.7. The summed E-state index contributed by atoms with van der Waals surface area (Å²) in [6.07, 6.45) is 0. The zero-order chi connectivity index (χ0) is 19.1. The summed E-state index contributed by atoms with van der Waals surface area (Å²) in [5.41, 5.74) is 5.54. The van der Waals surface area contributed by atoms with Crippen LogP contribution in [-0.4, -0.2) is 4.92 Å². The quantitative estimate of drug-likeness (QED) is 0.258. The highest BCUT2D eigenvalue weighted by Crippen LogP contribution is 2.47. The molecule has 0 fully saturated rings. The van der Waals surface area contributed by atoms with E-state index in [1.807, 2.05) is 60.7 Å². The Balaban J connectivity index is 1.77. The Morgan fingerprint density at radius 3 is 1.93 bits per heavy atom. The largest absolute Gasteiger partial charge is 0.456 e. The van der Waals surface area contributed by atoms with Gasteiger partial charge in [0.15, 0.2) is 0 Å². The number of nitrogens with zero attached hydrogens (tertiary/aromatic N) is 1. The van der Waals surface area contributed by atoms with E-state index in [0.717, 1.165) is 39.3 Å². The molecule has 134 valence electrons. The van der Waals surface area contributed by atoms with Crippen LogP contribution < -0.4 is 4.74 Å². The highest BCUT2D eigenvalue weighted by molar-refractivity contribution is 5.92. The molecule has 0 unspecified atom stereocenters. The second-order valence-corrected chi connectivity index (χ2v) is 6.63. The summed E-state index contributed by atoms with van der Waals surface area (Å²) in [6.45, 7) is 0. The summed E-state index contributed by atoms with van der Waals surface area (Å²) < 4.78 is 6.22. The zero-order valence-electron chi connectivity index (χ0n) is 14.8. The van der Waals surface area contributed by atoms with Gasteiger partial charge in [-0.1, -0.05) is 60.7 Å². The Kier molecular flexibility index (Phi) is 3.69. The normalized spacial score (nSPS) is 11.4. The van der Waals surface area contributed by atoms with E-state index < -0.39 is 0 Å². The first kappa shape index (κ1) is 16.3. The first-order valence-electron chi connectivity index (χ1n) is 8.97. The molecule has 0 radical (unpaired) electrons. The van der Waals surface area contributed by atoms with E-state index >= 15 is 0 Å². The van der Waals surface area contributed by atoms with Crippen LogP contribution in [0.3, 0.4) is 0 Å². The smallest absolute Gasteiger partial charge is 0.277 e. The summed E-state index contributed by atoms with van der Waals surface area (Å²) >= 11 is 0. The van der Waals surface area contributed by atoms with Crippen LogP contribution in [0.4, 0.5) is 5.69 Å². The van der Waals surface area contributed by atoms with Crippen LogP contribution in [0, 0.1) is 10.1 Å². The molecule has 0 bridgehead atoms. The van der Waals surface area contributed by atoms with Gasteiger partial charge in [-0.25, -0.2) is 0 Å². The SMILES string of the molecule is O=[N+]([O-])c1ccccc1-c1ccc2c(c1)-c1ccccc1-c1ccccc1O2. The van der Waals surface area contributed by atoms with Crippen LogP contribution in [0.5, 0.6) is 11.5 Å². The van der Waals surface area contributed by atoms with Gasteiger partial charge in [0, 0.05) is 17.2 Å². The van der Waals surface area contributed by atoms with Gasteiger partial charge < -0.3 is 4.74 Å². The molecule has 5 rings (SSSR count). The number of nitro groups is 1. The van der Waals surface area contributed by atoms with Crippen molar-refractivity contribution in [1.29, 1.82) is 0 Å². The van der Waals surface area contributed by atoms with Crippen molar-refractivity contribution >= 4 is 5.69 Å². The van der Waals surface area contributed by atoms with Crippen LogP contribution in [0.15, 0.2) is 91.0 Å². The number of nitro benzene ring substituents is 1. The summed E-state index contributed by atoms with van der Waals surface area (Å²) in [5, 5.41) is 11.5. The minimum Gasteiger partial charge on any atom is -0.456 e. The number of hydrogen-bond acceptors (Lipinski definition) is 3. The van der Waals surface area contributed by atoms with Gasteiger partial charge in [0.25, 0.3) is 5.69 Å². The predicted octanol–water partition coefficient (Wildman–Crippen LogP) is 6.70. The van der Waals surface area contributed by atoms with Crippen molar-refractivity contribution in [2.24, 2.45) is 0 Å². The average Bonchev–Trinajstić information content (AvgIpc) is 2.88. The molecule has 1 aliphatic rings. The maximum Gasteiger partial charge on any atom is 0.277 e. The third-order valence-electron chi connectivity index (χ3n) is 5.01. The van der Waals surface area contributed by atoms with Crippen molar-refractivity contribution in [2.75, 3.05) is 0 Å². The summed E-state index contributed by atoms with van der Waals surface area (Å²) in [7, 11) is 0. The van der Waals surface area contributed by atoms with E-state index in [2.05, 4.69) is 12.1 Å². The number of ether oxygens (including phenoxy) is 1. The Bertz CT molecular complexity index is 1230. The Morgan fingerprint density at radius 2 is 1.18 bits per heavy atom. The van der Waals surface area contributed by atoms with Crippen LogP contribution in [0.25, 0.3) is 33.4 Å². The number of benzene rings is 4. The van der Waals surface area contributed by atoms with Gasteiger partial charge in [0.05, 0.1) is 10.5 Å². The van der Waals surface area contributed by atoms with Crippen molar-refractivity contribution in [3.63, 3.8) is 0 Å². The number of hydrogen-bond donors (Lipinski definition) is 0. The molecule has 0 N–H and O–H groups in total. The third kappa shape index (κ3) is 2.55. The molecule has 0 aliphatic carbocycles. The third-order valence-corrected chi connectivity index (χ3v) is 5.01. The van der Waals surface area contributed by atoms with Crippen molar-refractivity contribution in [1.82, 2.24) is 0 Å². The summed E-state index contributed by atoms with van der Waals surface area (Å²) in [4.78, 5) is 11.1. The predicted molar refractivity (Wildman–Crippen MR) is 109 cm³/mol. The van der Waals surface area contributed by atoms with E-state index in [0.29, 0.717) is 5.56 Å². The lowest BCUT2D eigenvalue weighted by molar-refractivity contribution is -0.384. The van der Waals surface area contributed by atoms with E-state index in [1.54, 1.807) is 12.1 Å². The highest BCUT2D eigenvalue weighted by atomic mass is 16.6. The Hall–Kier alpha value is -3.92. The molecule has 4 heteroatoms. The molecule has 0 amide bonds. The molecule has 1 aliphatic heterocycles. The molecule has 4 aromatic rings. The van der Waals surface area contributed by atoms with E-state index in [1.165, 1.54) is 6.07 Å². The Labute approximate surface area is 161 Å². The second kappa shape index (κ2) is 6.35. The monoisotopic (exact) mass is 365 g/mol. The van der Waals surface area contributed by atoms with Crippen LogP contribution in [0.2, 0.25) is 0 Å². The van der Waals surface area contributed by atoms with Gasteiger partial charge in [-0.2, -0.15) is 0 Å². The summed E-state index contributed by atoms with van der Waals surface area (Å²) in [5.74, 6) is 1.53. The molecule has 0 atom stereocenters. The fourth-order valence-corrected chi connectivity index (χ4v) is 3.72. The van der Waals surface area contributed by atoms with Gasteiger partial charge in [-0.3, -0.25) is 10.1 Å². The molecule has 0 saturated carbocycles. The minimum absolute atomic E-state index is 0.0913. The van der Waals surface area contributed by atoms with Crippen molar-refractivity contribution < 1.29 is 9.66 Å². The van der Waals surface area contributed by atoms with Crippen LogP contribution in [0.1, 0.15) is 0 Å². The molecular formula is C24H15NO3. The average molecular weight is 365 g/mol. The molecule has 0 aromatic heterocycles. The van der Waals surface area contributed by atoms with E-state index in [-0.39, 0.29) is 10.6 Å². The lowest BCUT2D eigenvalue weighted by atomic mass is 9.92. The van der Waals surface area contributed by atoms with E-state index in [9.17, 15) is 10.1 Å². The molecule has 0 saturated heterocycles.